The Morgan fingerprint density at radius 3 is 2.78 bits per heavy atom. The number of carbonyl (C=O) groups excluding carboxylic acids is 2. The molecule has 5 heteroatoms. The quantitative estimate of drug-likeness (QED) is 0.614. The van der Waals surface area contributed by atoms with Crippen molar-refractivity contribution in [2.45, 2.75) is 51.1 Å². The Bertz CT molecular complexity index is 309. The number of amides is 2. The first-order valence-electron chi connectivity index (χ1n) is 6.97. The molecule has 1 aliphatic carbocycles. The highest BCUT2D eigenvalue weighted by Gasteiger charge is 2.27. The van der Waals surface area contributed by atoms with Crippen molar-refractivity contribution in [2.24, 2.45) is 5.92 Å². The summed E-state index contributed by atoms with van der Waals surface area (Å²) < 4.78 is 0. The van der Waals surface area contributed by atoms with Crippen LogP contribution in [0.15, 0.2) is 0 Å². The van der Waals surface area contributed by atoms with Crippen LogP contribution in [0, 0.1) is 5.92 Å². The summed E-state index contributed by atoms with van der Waals surface area (Å²) in [6.07, 6.45) is 6.01. The van der Waals surface area contributed by atoms with Gasteiger partial charge in [-0.1, -0.05) is 26.2 Å². The molecular formula is C13H23N3O2. The third kappa shape index (κ3) is 3.45. The minimum atomic E-state index is -0.279. The molecule has 1 heterocycles. The van der Waals surface area contributed by atoms with E-state index < -0.39 is 0 Å². The summed E-state index contributed by atoms with van der Waals surface area (Å²) in [5, 5.41) is 8.82. The van der Waals surface area contributed by atoms with Crippen molar-refractivity contribution >= 4 is 11.8 Å². The zero-order valence-electron chi connectivity index (χ0n) is 11.0. The van der Waals surface area contributed by atoms with Crippen molar-refractivity contribution in [1.82, 2.24) is 16.0 Å². The van der Waals surface area contributed by atoms with Crippen LogP contribution in [0.4, 0.5) is 0 Å². The zero-order valence-corrected chi connectivity index (χ0v) is 11.0. The lowest BCUT2D eigenvalue weighted by atomic mass is 9.96. The fraction of sp³-hybridized carbons (Fsp3) is 0.846. The lowest BCUT2D eigenvalue weighted by molar-refractivity contribution is -0.127. The van der Waals surface area contributed by atoms with Crippen molar-refractivity contribution in [3.8, 4) is 0 Å². The number of nitrogens with one attached hydrogen (secondary N) is 3. The first kappa shape index (κ1) is 13.3. The molecule has 0 spiro atoms. The largest absolute Gasteiger partial charge is 0.353 e. The molecule has 5 nitrogen and oxygen atoms in total. The van der Waals surface area contributed by atoms with E-state index in [2.05, 4.69) is 22.9 Å². The molecule has 1 aliphatic heterocycles. The molecule has 0 aromatic carbocycles. The second kappa shape index (κ2) is 6.18. The van der Waals surface area contributed by atoms with Crippen LogP contribution in [0.5, 0.6) is 0 Å². The molecule has 2 rings (SSSR count). The van der Waals surface area contributed by atoms with E-state index in [1.807, 2.05) is 0 Å². The number of hydrogen-bond acceptors (Lipinski definition) is 3. The van der Waals surface area contributed by atoms with Gasteiger partial charge in [0.2, 0.25) is 11.8 Å². The molecule has 3 unspecified atom stereocenters. The number of hydrogen-bond donors (Lipinski definition) is 3. The zero-order chi connectivity index (χ0) is 13.0. The summed E-state index contributed by atoms with van der Waals surface area (Å²) >= 11 is 0. The van der Waals surface area contributed by atoms with Crippen molar-refractivity contribution in [1.29, 1.82) is 0 Å². The van der Waals surface area contributed by atoms with Crippen molar-refractivity contribution in [2.75, 3.05) is 13.1 Å². The van der Waals surface area contributed by atoms with Crippen LogP contribution in [0.25, 0.3) is 0 Å². The Balaban J connectivity index is 1.84. The van der Waals surface area contributed by atoms with Gasteiger partial charge < -0.3 is 10.6 Å². The van der Waals surface area contributed by atoms with Crippen molar-refractivity contribution < 1.29 is 9.59 Å². The molecule has 0 aromatic rings. The predicted octanol–water partition coefficient (Wildman–Crippen LogP) is 0.159. The van der Waals surface area contributed by atoms with Gasteiger partial charge in [0.25, 0.3) is 0 Å². The third-order valence-electron chi connectivity index (χ3n) is 4.02. The minimum absolute atomic E-state index is 0.0220. The average molecular weight is 253 g/mol. The highest BCUT2D eigenvalue weighted by molar-refractivity contribution is 5.86. The van der Waals surface area contributed by atoms with E-state index >= 15 is 0 Å². The van der Waals surface area contributed by atoms with Crippen LogP contribution in [-0.2, 0) is 9.59 Å². The Morgan fingerprint density at radius 2 is 2.06 bits per heavy atom. The highest BCUT2D eigenvalue weighted by Crippen LogP contribution is 2.22. The molecule has 3 N–H and O–H groups in total. The van der Waals surface area contributed by atoms with Crippen LogP contribution in [0.1, 0.15) is 39.0 Å². The standard InChI is InChI=1S/C13H23N3O2/c1-9-5-3-2-4-6-10(9)16-13(18)11-7-15-12(17)8-14-11/h9-11,14H,2-8H2,1H3,(H,15,17)(H,16,18). The van der Waals surface area contributed by atoms with E-state index in [0.29, 0.717) is 18.5 Å². The summed E-state index contributed by atoms with van der Waals surface area (Å²) in [5.74, 6) is 0.533. The smallest absolute Gasteiger partial charge is 0.239 e. The van der Waals surface area contributed by atoms with Crippen LogP contribution < -0.4 is 16.0 Å². The van der Waals surface area contributed by atoms with E-state index in [4.69, 9.17) is 0 Å². The van der Waals surface area contributed by atoms with E-state index in [0.717, 1.165) is 6.42 Å². The second-order valence-electron chi connectivity index (χ2n) is 5.47. The van der Waals surface area contributed by atoms with Gasteiger partial charge in [0, 0.05) is 12.6 Å². The van der Waals surface area contributed by atoms with Gasteiger partial charge in [-0.3, -0.25) is 14.9 Å². The molecule has 1 saturated carbocycles. The summed E-state index contributed by atoms with van der Waals surface area (Å²) in [5.41, 5.74) is 0. The molecule has 2 fully saturated rings. The first-order chi connectivity index (χ1) is 8.66. The predicted molar refractivity (Wildman–Crippen MR) is 69.0 cm³/mol. The molecule has 0 radical (unpaired) electrons. The molecular weight excluding hydrogens is 230 g/mol. The molecule has 2 amide bonds. The Hall–Kier alpha value is -1.10. The monoisotopic (exact) mass is 253 g/mol. The van der Waals surface area contributed by atoms with Crippen LogP contribution in [0.2, 0.25) is 0 Å². The normalized spacial score (nSPS) is 33.4. The summed E-state index contributed by atoms with van der Waals surface area (Å²) in [7, 11) is 0. The van der Waals surface area contributed by atoms with Gasteiger partial charge in [-0.05, 0) is 18.8 Å². The van der Waals surface area contributed by atoms with E-state index in [9.17, 15) is 9.59 Å². The highest BCUT2D eigenvalue weighted by atomic mass is 16.2. The molecule has 1 saturated heterocycles. The van der Waals surface area contributed by atoms with Gasteiger partial charge >= 0.3 is 0 Å². The number of carbonyl (C=O) groups is 2. The number of rotatable bonds is 2. The van der Waals surface area contributed by atoms with Gasteiger partial charge in [-0.15, -0.1) is 0 Å². The van der Waals surface area contributed by atoms with E-state index in [1.165, 1.54) is 25.7 Å². The van der Waals surface area contributed by atoms with E-state index in [-0.39, 0.29) is 24.4 Å². The van der Waals surface area contributed by atoms with Crippen molar-refractivity contribution in [3.05, 3.63) is 0 Å². The van der Waals surface area contributed by atoms with Gasteiger partial charge in [-0.25, -0.2) is 0 Å². The van der Waals surface area contributed by atoms with Crippen LogP contribution in [-0.4, -0.2) is 37.0 Å². The fourth-order valence-electron chi connectivity index (χ4n) is 2.74. The van der Waals surface area contributed by atoms with Gasteiger partial charge in [0.15, 0.2) is 0 Å². The van der Waals surface area contributed by atoms with Crippen molar-refractivity contribution in [3.63, 3.8) is 0 Å². The topological polar surface area (TPSA) is 70.2 Å². The summed E-state index contributed by atoms with van der Waals surface area (Å²) in [4.78, 5) is 23.1. The SMILES string of the molecule is CC1CCCCCC1NC(=O)C1CNC(=O)CN1. The maximum atomic E-state index is 12.1. The Kier molecular flexibility index (Phi) is 4.58. The van der Waals surface area contributed by atoms with E-state index in [1.54, 1.807) is 0 Å². The van der Waals surface area contributed by atoms with Gasteiger partial charge in [0.1, 0.15) is 6.04 Å². The van der Waals surface area contributed by atoms with Crippen LogP contribution >= 0.6 is 0 Å². The molecule has 102 valence electrons. The molecule has 3 atom stereocenters. The summed E-state index contributed by atoms with van der Waals surface area (Å²) in [6, 6.07) is 0.0116. The summed E-state index contributed by atoms with van der Waals surface area (Å²) in [6.45, 7) is 2.84. The maximum Gasteiger partial charge on any atom is 0.239 e. The second-order valence-corrected chi connectivity index (χ2v) is 5.47. The third-order valence-corrected chi connectivity index (χ3v) is 4.02. The number of piperazine rings is 1. The lowest BCUT2D eigenvalue weighted by Crippen LogP contribution is -2.59. The maximum absolute atomic E-state index is 12.1. The minimum Gasteiger partial charge on any atom is -0.353 e. The Morgan fingerprint density at radius 1 is 1.28 bits per heavy atom. The molecule has 2 aliphatic rings. The average Bonchev–Trinajstić information content (AvgIpc) is 2.56. The van der Waals surface area contributed by atoms with Gasteiger partial charge in [-0.2, -0.15) is 0 Å². The Labute approximate surface area is 108 Å². The molecule has 0 aromatic heterocycles. The van der Waals surface area contributed by atoms with Crippen LogP contribution in [0.3, 0.4) is 0 Å². The first-order valence-corrected chi connectivity index (χ1v) is 6.97. The molecule has 18 heavy (non-hydrogen) atoms. The van der Waals surface area contributed by atoms with Gasteiger partial charge in [0.05, 0.1) is 6.54 Å². The lowest BCUT2D eigenvalue weighted by Gasteiger charge is -2.28. The molecule has 0 bridgehead atoms. The fourth-order valence-corrected chi connectivity index (χ4v) is 2.74.